The Labute approximate surface area is 141 Å². The van der Waals surface area contributed by atoms with E-state index in [1.165, 1.54) is 15.6 Å². The Balaban J connectivity index is 2.03. The maximum absolute atomic E-state index is 9.17. The largest absolute Gasteiger partial charge is 0.396 e. The Bertz CT molecular complexity index is 624. The van der Waals surface area contributed by atoms with Gasteiger partial charge in [0.1, 0.15) is 11.7 Å². The highest BCUT2D eigenvalue weighted by atomic mass is 32.1. The van der Waals surface area contributed by atoms with Gasteiger partial charge in [-0.05, 0) is 36.1 Å². The van der Waals surface area contributed by atoms with Gasteiger partial charge in [0, 0.05) is 37.1 Å². The standard InChI is InChI=1S/C18H25NO3S/c1-21-18(8-2-3-10-20,16-13-19-9-11-22-16)15-6-4-5-14-7-12-23-17(14)15/h4-7,12,16,19-20H,2-3,8-11,13H2,1H3/t16-,18+/m1/s1. The van der Waals surface area contributed by atoms with Crippen molar-refractivity contribution in [3.05, 3.63) is 35.2 Å². The minimum absolute atomic E-state index is 0.0207. The molecule has 1 saturated heterocycles. The highest BCUT2D eigenvalue weighted by Gasteiger charge is 2.43. The monoisotopic (exact) mass is 335 g/mol. The number of fused-ring (bicyclic) bond motifs is 1. The number of rotatable bonds is 7. The maximum atomic E-state index is 9.17. The average Bonchev–Trinajstić information content (AvgIpc) is 3.09. The molecule has 0 amide bonds. The van der Waals surface area contributed by atoms with Gasteiger partial charge in [0.05, 0.1) is 6.61 Å². The predicted molar refractivity (Wildman–Crippen MR) is 94.1 cm³/mol. The zero-order chi connectivity index (χ0) is 16.1. The molecule has 1 aromatic carbocycles. The second-order valence-corrected chi connectivity index (χ2v) is 6.90. The summed E-state index contributed by atoms with van der Waals surface area (Å²) >= 11 is 1.75. The van der Waals surface area contributed by atoms with Crippen molar-refractivity contribution < 1.29 is 14.6 Å². The molecule has 2 atom stereocenters. The first-order chi connectivity index (χ1) is 11.3. The summed E-state index contributed by atoms with van der Waals surface area (Å²) in [5.74, 6) is 0. The van der Waals surface area contributed by atoms with Crippen LogP contribution < -0.4 is 5.32 Å². The van der Waals surface area contributed by atoms with E-state index in [4.69, 9.17) is 9.47 Å². The van der Waals surface area contributed by atoms with Crippen molar-refractivity contribution >= 4 is 21.4 Å². The van der Waals surface area contributed by atoms with Gasteiger partial charge in [0.2, 0.25) is 0 Å². The summed E-state index contributed by atoms with van der Waals surface area (Å²) in [7, 11) is 1.78. The van der Waals surface area contributed by atoms with Crippen LogP contribution in [0.1, 0.15) is 24.8 Å². The fourth-order valence-corrected chi connectivity index (χ4v) is 4.49. The van der Waals surface area contributed by atoms with E-state index in [1.54, 1.807) is 18.4 Å². The summed E-state index contributed by atoms with van der Waals surface area (Å²) in [6.07, 6.45) is 2.51. The minimum atomic E-state index is -0.479. The van der Waals surface area contributed by atoms with Gasteiger partial charge in [-0.3, -0.25) is 0 Å². The molecule has 0 radical (unpaired) electrons. The molecule has 0 unspecified atom stereocenters. The van der Waals surface area contributed by atoms with Crippen LogP contribution in [0.25, 0.3) is 10.1 Å². The summed E-state index contributed by atoms with van der Waals surface area (Å²) in [6.45, 7) is 2.59. The van der Waals surface area contributed by atoms with Gasteiger partial charge in [-0.1, -0.05) is 18.2 Å². The van der Waals surface area contributed by atoms with E-state index in [9.17, 15) is 5.11 Å². The van der Waals surface area contributed by atoms with Gasteiger partial charge >= 0.3 is 0 Å². The van der Waals surface area contributed by atoms with Crippen LogP contribution in [-0.2, 0) is 15.1 Å². The van der Waals surface area contributed by atoms with E-state index in [0.29, 0.717) is 6.61 Å². The van der Waals surface area contributed by atoms with Crippen molar-refractivity contribution in [2.45, 2.75) is 31.0 Å². The van der Waals surface area contributed by atoms with Crippen LogP contribution in [-0.4, -0.2) is 44.6 Å². The molecule has 23 heavy (non-hydrogen) atoms. The van der Waals surface area contributed by atoms with Crippen LogP contribution >= 0.6 is 11.3 Å². The lowest BCUT2D eigenvalue weighted by atomic mass is 9.82. The molecule has 126 valence electrons. The molecular formula is C18H25NO3S. The molecule has 1 aliphatic heterocycles. The number of aliphatic hydroxyl groups excluding tert-OH is 1. The number of aliphatic hydroxyl groups is 1. The summed E-state index contributed by atoms with van der Waals surface area (Å²) in [6, 6.07) is 8.56. The van der Waals surface area contributed by atoms with E-state index in [2.05, 4.69) is 35.0 Å². The molecule has 1 aromatic heterocycles. The zero-order valence-electron chi connectivity index (χ0n) is 13.6. The van der Waals surface area contributed by atoms with E-state index >= 15 is 0 Å². The maximum Gasteiger partial charge on any atom is 0.121 e. The molecule has 1 aliphatic rings. The Morgan fingerprint density at radius 1 is 1.39 bits per heavy atom. The molecule has 0 aliphatic carbocycles. The zero-order valence-corrected chi connectivity index (χ0v) is 14.4. The second-order valence-electron chi connectivity index (χ2n) is 5.98. The summed E-state index contributed by atoms with van der Waals surface area (Å²) in [5.41, 5.74) is 0.728. The molecule has 3 rings (SSSR count). The number of hydrogen-bond donors (Lipinski definition) is 2. The van der Waals surface area contributed by atoms with Gasteiger partial charge in [-0.2, -0.15) is 0 Å². The molecule has 1 fully saturated rings. The van der Waals surface area contributed by atoms with Crippen LogP contribution in [0.4, 0.5) is 0 Å². The van der Waals surface area contributed by atoms with Crippen LogP contribution in [0.3, 0.4) is 0 Å². The molecule has 0 saturated carbocycles. The van der Waals surface area contributed by atoms with Crippen molar-refractivity contribution in [2.75, 3.05) is 33.4 Å². The number of morpholine rings is 1. The number of hydrogen-bond acceptors (Lipinski definition) is 5. The number of nitrogens with one attached hydrogen (secondary N) is 1. The van der Waals surface area contributed by atoms with Gasteiger partial charge < -0.3 is 19.9 Å². The summed E-state index contributed by atoms with van der Waals surface area (Å²) in [4.78, 5) is 0. The molecule has 5 heteroatoms. The number of ether oxygens (including phenoxy) is 2. The van der Waals surface area contributed by atoms with E-state index in [-0.39, 0.29) is 12.7 Å². The van der Waals surface area contributed by atoms with Crippen LogP contribution in [0.5, 0.6) is 0 Å². The van der Waals surface area contributed by atoms with E-state index in [0.717, 1.165) is 32.4 Å². The van der Waals surface area contributed by atoms with Crippen molar-refractivity contribution in [2.24, 2.45) is 0 Å². The summed E-state index contributed by atoms with van der Waals surface area (Å²) in [5, 5.41) is 16.0. The minimum Gasteiger partial charge on any atom is -0.396 e. The van der Waals surface area contributed by atoms with Crippen molar-refractivity contribution in [3.63, 3.8) is 0 Å². The predicted octanol–water partition coefficient (Wildman–Crippen LogP) is 2.89. The van der Waals surface area contributed by atoms with Crippen molar-refractivity contribution in [1.82, 2.24) is 5.32 Å². The quantitative estimate of drug-likeness (QED) is 0.764. The van der Waals surface area contributed by atoms with Gasteiger partial charge in [0.25, 0.3) is 0 Å². The van der Waals surface area contributed by atoms with Gasteiger partial charge in [0.15, 0.2) is 0 Å². The van der Waals surface area contributed by atoms with E-state index in [1.807, 2.05) is 0 Å². The fraction of sp³-hybridized carbons (Fsp3) is 0.556. The smallest absolute Gasteiger partial charge is 0.121 e. The number of thiophene rings is 1. The Morgan fingerprint density at radius 2 is 2.30 bits per heavy atom. The third-order valence-corrected chi connectivity index (χ3v) is 5.67. The molecular weight excluding hydrogens is 310 g/mol. The van der Waals surface area contributed by atoms with Crippen LogP contribution in [0.15, 0.2) is 29.6 Å². The lowest BCUT2D eigenvalue weighted by Gasteiger charge is -2.42. The van der Waals surface area contributed by atoms with Gasteiger partial charge in [-0.15, -0.1) is 11.3 Å². The Hall–Kier alpha value is -0.980. The van der Waals surface area contributed by atoms with Crippen LogP contribution in [0.2, 0.25) is 0 Å². The van der Waals surface area contributed by atoms with Gasteiger partial charge in [-0.25, -0.2) is 0 Å². The van der Waals surface area contributed by atoms with Crippen molar-refractivity contribution in [3.8, 4) is 0 Å². The number of unbranched alkanes of at least 4 members (excludes halogenated alkanes) is 1. The third-order valence-electron chi connectivity index (χ3n) is 4.70. The highest BCUT2D eigenvalue weighted by molar-refractivity contribution is 7.17. The normalized spacial score (nSPS) is 21.4. The summed E-state index contributed by atoms with van der Waals surface area (Å²) < 4.78 is 13.5. The van der Waals surface area contributed by atoms with Crippen molar-refractivity contribution in [1.29, 1.82) is 0 Å². The SMILES string of the molecule is CO[C@@](CCCCO)(c1cccc2ccsc12)[C@H]1CNCCO1. The first kappa shape index (κ1) is 16.9. The first-order valence-electron chi connectivity index (χ1n) is 8.27. The van der Waals surface area contributed by atoms with E-state index < -0.39 is 5.60 Å². The fourth-order valence-electron chi connectivity index (χ4n) is 3.50. The number of benzene rings is 1. The lowest BCUT2D eigenvalue weighted by molar-refractivity contribution is -0.148. The Kier molecular flexibility index (Phi) is 5.67. The highest BCUT2D eigenvalue weighted by Crippen LogP contribution is 2.41. The van der Waals surface area contributed by atoms with Crippen LogP contribution in [0, 0.1) is 0 Å². The average molecular weight is 335 g/mol. The molecule has 2 aromatic rings. The molecule has 2 heterocycles. The lowest BCUT2D eigenvalue weighted by Crippen LogP contribution is -2.52. The molecule has 0 bridgehead atoms. The first-order valence-corrected chi connectivity index (χ1v) is 9.15. The Morgan fingerprint density at radius 3 is 3.04 bits per heavy atom. The topological polar surface area (TPSA) is 50.7 Å². The molecule has 4 nitrogen and oxygen atoms in total. The molecule has 2 N–H and O–H groups in total. The molecule has 0 spiro atoms. The third kappa shape index (κ3) is 3.30. The number of methoxy groups -OCH3 is 1. The second kappa shape index (κ2) is 7.73.